The Morgan fingerprint density at radius 3 is 1.33 bits per heavy atom. The zero-order valence-electron chi connectivity index (χ0n) is 2.68. The van der Waals surface area contributed by atoms with Gasteiger partial charge in [-0.2, -0.15) is 0 Å². The molecule has 0 fully saturated rings. The Kier molecular flexibility index (Phi) is 26.9. The van der Waals surface area contributed by atoms with Gasteiger partial charge in [0.05, 0.1) is 0 Å². The van der Waals surface area contributed by atoms with Gasteiger partial charge in [0, 0.05) is 91.1 Å². The molecule has 5 heteroatoms. The third kappa shape index (κ3) is 34.3. The molecule has 0 aliphatic heterocycles. The van der Waals surface area contributed by atoms with Gasteiger partial charge in [0.15, 0.2) is 0 Å². The van der Waals surface area contributed by atoms with Crippen LogP contribution >= 0.6 is 0 Å². The summed E-state index contributed by atoms with van der Waals surface area (Å²) in [6, 6.07) is 0. The van der Waals surface area contributed by atoms with Gasteiger partial charge in [0.1, 0.15) is 0 Å². The van der Waals surface area contributed by atoms with Gasteiger partial charge < -0.3 is 10.2 Å². The van der Waals surface area contributed by atoms with Crippen LogP contribution < -0.4 is 0 Å². The second-order valence-electron chi connectivity index (χ2n) is 0.283. The van der Waals surface area contributed by atoms with Crippen molar-refractivity contribution in [2.24, 2.45) is 0 Å². The molecule has 0 unspecified atom stereocenters. The van der Waals surface area contributed by atoms with Gasteiger partial charge in [0.25, 0.3) is 0 Å². The number of hydrogen-bond acceptors (Lipinski definition) is 1. The SMILES string of the molecule is O=C(O)O.[Ce].[Eu]. The first-order valence-corrected chi connectivity index (χ1v) is 0.651. The third-order valence-corrected chi connectivity index (χ3v) is 0. The van der Waals surface area contributed by atoms with Gasteiger partial charge in [0.2, 0.25) is 0 Å². The van der Waals surface area contributed by atoms with Gasteiger partial charge >= 0.3 is 6.16 Å². The van der Waals surface area contributed by atoms with E-state index < -0.39 is 6.16 Å². The van der Waals surface area contributed by atoms with E-state index >= 15 is 0 Å². The van der Waals surface area contributed by atoms with E-state index in [0.29, 0.717) is 0 Å². The summed E-state index contributed by atoms with van der Waals surface area (Å²) >= 11 is 0. The molecule has 0 spiro atoms. The fourth-order valence-electron chi connectivity index (χ4n) is 0. The first kappa shape index (κ1) is 15.7. The molecule has 3 nitrogen and oxygen atoms in total. The van der Waals surface area contributed by atoms with Crippen LogP contribution in [0.25, 0.3) is 0 Å². The van der Waals surface area contributed by atoms with Crippen molar-refractivity contribution in [1.82, 2.24) is 0 Å². The van der Waals surface area contributed by atoms with Crippen LogP contribution in [0.15, 0.2) is 0 Å². The number of rotatable bonds is 0. The number of carbonyl (C=O) groups is 1. The zero-order valence-corrected chi connectivity index (χ0v) is 8.25. The molecule has 0 rings (SSSR count). The van der Waals surface area contributed by atoms with Crippen molar-refractivity contribution in [2.75, 3.05) is 0 Å². The Balaban J connectivity index is -0.0000000450. The van der Waals surface area contributed by atoms with E-state index in [4.69, 9.17) is 15.0 Å². The van der Waals surface area contributed by atoms with Crippen LogP contribution in [0, 0.1) is 91.1 Å². The van der Waals surface area contributed by atoms with Crippen LogP contribution in [0.4, 0.5) is 4.79 Å². The zero-order chi connectivity index (χ0) is 3.58. The molecule has 0 saturated carbocycles. The van der Waals surface area contributed by atoms with Gasteiger partial charge in [-0.05, 0) is 0 Å². The van der Waals surface area contributed by atoms with Crippen LogP contribution in [0.5, 0.6) is 0 Å². The molecule has 0 aliphatic rings. The van der Waals surface area contributed by atoms with Crippen molar-refractivity contribution in [3.63, 3.8) is 0 Å². The molecular weight excluding hydrogens is 352 g/mol. The van der Waals surface area contributed by atoms with E-state index in [2.05, 4.69) is 0 Å². The predicted octanol–water partition coefficient (Wildman–Crippen LogP) is 0.222. The maximum absolute atomic E-state index is 8.56. The normalized spacial score (nSPS) is 4.00. The average Bonchev–Trinajstić information content (AvgIpc) is 0.811. The Morgan fingerprint density at radius 1 is 1.33 bits per heavy atom. The smallest absolute Gasteiger partial charge is 0.450 e. The van der Waals surface area contributed by atoms with E-state index in [1.165, 1.54) is 0 Å². The van der Waals surface area contributed by atoms with Gasteiger partial charge in [-0.3, -0.25) is 0 Å². The van der Waals surface area contributed by atoms with E-state index in [1.54, 1.807) is 0 Å². The molecule has 1 radical (unpaired) electrons. The molecule has 35 valence electrons. The topological polar surface area (TPSA) is 57.5 Å². The van der Waals surface area contributed by atoms with Gasteiger partial charge in [-0.25, -0.2) is 4.79 Å². The summed E-state index contributed by atoms with van der Waals surface area (Å²) in [5.74, 6) is 0. The second-order valence-corrected chi connectivity index (χ2v) is 0.283. The maximum atomic E-state index is 8.56. The van der Waals surface area contributed by atoms with Crippen LogP contribution in [0.3, 0.4) is 0 Å². The molecule has 0 aromatic heterocycles. The third-order valence-electron chi connectivity index (χ3n) is 0. The van der Waals surface area contributed by atoms with Crippen molar-refractivity contribution >= 4 is 6.16 Å². The molecule has 0 aromatic carbocycles. The van der Waals surface area contributed by atoms with E-state index in [-0.39, 0.29) is 91.1 Å². The second kappa shape index (κ2) is 10.3. The summed E-state index contributed by atoms with van der Waals surface area (Å²) in [7, 11) is 0. The maximum Gasteiger partial charge on any atom is 0.503 e. The van der Waals surface area contributed by atoms with E-state index in [0.717, 1.165) is 0 Å². The minimum atomic E-state index is -1.83. The van der Waals surface area contributed by atoms with Crippen LogP contribution in [-0.4, -0.2) is 16.4 Å². The van der Waals surface area contributed by atoms with Gasteiger partial charge in [-0.1, -0.05) is 0 Å². The van der Waals surface area contributed by atoms with Crippen molar-refractivity contribution in [1.29, 1.82) is 0 Å². The first-order valence-electron chi connectivity index (χ1n) is 0.651. The van der Waals surface area contributed by atoms with E-state index in [1.807, 2.05) is 0 Å². The number of hydrogen-bond donors (Lipinski definition) is 2. The molecular formula is CH2CeEuO3. The van der Waals surface area contributed by atoms with Crippen molar-refractivity contribution in [3.8, 4) is 0 Å². The molecule has 0 aromatic rings. The summed E-state index contributed by atoms with van der Waals surface area (Å²) in [6.07, 6.45) is -1.83. The first-order chi connectivity index (χ1) is 1.73. The standard InChI is InChI=1S/CH2O3.Ce.Eu/c2-1(3)4;;/h(H2,2,3,4);;. The van der Waals surface area contributed by atoms with Crippen LogP contribution in [-0.2, 0) is 0 Å². The van der Waals surface area contributed by atoms with Gasteiger partial charge in [-0.15, -0.1) is 0 Å². The summed E-state index contributed by atoms with van der Waals surface area (Å²) in [5.41, 5.74) is 0. The quantitative estimate of drug-likeness (QED) is 0.655. The Hall–Kier alpha value is 2.23. The van der Waals surface area contributed by atoms with Crippen molar-refractivity contribution < 1.29 is 106 Å². The monoisotopic (exact) mass is 355 g/mol. The summed E-state index contributed by atoms with van der Waals surface area (Å²) in [5, 5.41) is 13.9. The predicted molar refractivity (Wildman–Crippen MR) is 10.7 cm³/mol. The molecule has 2 N–H and O–H groups in total. The van der Waals surface area contributed by atoms with Crippen LogP contribution in [0.1, 0.15) is 0 Å². The summed E-state index contributed by atoms with van der Waals surface area (Å²) in [6.45, 7) is 0. The molecule has 0 saturated heterocycles. The molecule has 0 atom stereocenters. The summed E-state index contributed by atoms with van der Waals surface area (Å²) in [4.78, 5) is 8.56. The molecule has 0 aliphatic carbocycles. The van der Waals surface area contributed by atoms with Crippen molar-refractivity contribution in [3.05, 3.63) is 0 Å². The minimum Gasteiger partial charge on any atom is -0.450 e. The largest absolute Gasteiger partial charge is 0.503 e. The summed E-state index contributed by atoms with van der Waals surface area (Å²) < 4.78 is 0. The average molecular weight is 354 g/mol. The fourth-order valence-corrected chi connectivity index (χ4v) is 0. The molecule has 0 bridgehead atoms. The molecule has 0 amide bonds. The number of carboxylic acid groups (broad SMARTS) is 2. The molecule has 6 heavy (non-hydrogen) atoms. The fraction of sp³-hybridized carbons (Fsp3) is 0. The molecule has 0 heterocycles. The Bertz CT molecular complexity index is 33.8. The minimum absolute atomic E-state index is 0. The van der Waals surface area contributed by atoms with Crippen LogP contribution in [0.2, 0.25) is 0 Å². The van der Waals surface area contributed by atoms with Crippen molar-refractivity contribution in [2.45, 2.75) is 0 Å². The van der Waals surface area contributed by atoms with E-state index in [9.17, 15) is 0 Å². The Labute approximate surface area is 109 Å². The Morgan fingerprint density at radius 2 is 1.33 bits per heavy atom.